The van der Waals surface area contributed by atoms with Gasteiger partial charge in [0.15, 0.2) is 11.9 Å². The number of amides is 1. The molecule has 0 saturated carbocycles. The Morgan fingerprint density at radius 1 is 0.943 bits per heavy atom. The van der Waals surface area contributed by atoms with Crippen LogP contribution in [0.5, 0.6) is 11.5 Å². The topological polar surface area (TPSA) is 64.6 Å². The molecule has 6 heteroatoms. The summed E-state index contributed by atoms with van der Waals surface area (Å²) < 4.78 is 10.6. The number of hydrogen-bond acceptors (Lipinski definition) is 4. The third kappa shape index (κ3) is 14.5. The molecule has 2 rings (SSSR count). The van der Waals surface area contributed by atoms with Gasteiger partial charge in [0.2, 0.25) is 5.91 Å². The first-order valence-corrected chi connectivity index (χ1v) is 13.0. The smallest absolute Gasteiger partial charge is 0.224 e. The van der Waals surface area contributed by atoms with Gasteiger partial charge < -0.3 is 14.8 Å². The predicted octanol–water partition coefficient (Wildman–Crippen LogP) is 8.42. The van der Waals surface area contributed by atoms with Crippen LogP contribution >= 0.6 is 11.6 Å². The molecule has 1 unspecified atom stereocenters. The number of aryl methyl sites for hydroxylation is 1. The zero-order chi connectivity index (χ0) is 26.6. The number of carbonyl (C=O) groups excluding carboxylic acids is 2. The van der Waals surface area contributed by atoms with Crippen LogP contribution in [0.25, 0.3) is 0 Å². The van der Waals surface area contributed by atoms with Crippen LogP contribution < -0.4 is 14.8 Å². The Kier molecular flexibility index (Phi) is 18.3. The van der Waals surface area contributed by atoms with E-state index in [1.807, 2.05) is 38.1 Å². The maximum Gasteiger partial charge on any atom is 0.224 e. The summed E-state index contributed by atoms with van der Waals surface area (Å²) in [4.78, 5) is 22.2. The van der Waals surface area contributed by atoms with Crippen molar-refractivity contribution in [3.05, 3.63) is 53.1 Å². The number of ether oxygens (including phenoxy) is 2. The lowest BCUT2D eigenvalue weighted by Crippen LogP contribution is -2.24. The molecule has 1 amide bonds. The van der Waals surface area contributed by atoms with E-state index in [9.17, 15) is 9.59 Å². The number of carbonyl (C=O) groups is 2. The molecule has 35 heavy (non-hydrogen) atoms. The normalized spacial score (nSPS) is 10.6. The van der Waals surface area contributed by atoms with E-state index in [1.54, 1.807) is 39.2 Å². The predicted molar refractivity (Wildman–Crippen MR) is 148 cm³/mol. The minimum Gasteiger partial charge on any atom is -0.495 e. The van der Waals surface area contributed by atoms with E-state index in [2.05, 4.69) is 19.2 Å². The number of anilines is 1. The Morgan fingerprint density at radius 3 is 2.03 bits per heavy atom. The fourth-order valence-electron chi connectivity index (χ4n) is 2.97. The van der Waals surface area contributed by atoms with E-state index in [0.717, 1.165) is 11.3 Å². The first-order chi connectivity index (χ1) is 16.7. The van der Waals surface area contributed by atoms with E-state index >= 15 is 0 Å². The molecule has 0 spiro atoms. The summed E-state index contributed by atoms with van der Waals surface area (Å²) in [5.41, 5.74) is 1.75. The first-order valence-electron chi connectivity index (χ1n) is 12.6. The van der Waals surface area contributed by atoms with Crippen LogP contribution in [0.2, 0.25) is 5.02 Å². The van der Waals surface area contributed by atoms with Crippen molar-refractivity contribution < 1.29 is 19.1 Å². The van der Waals surface area contributed by atoms with Gasteiger partial charge in [-0.2, -0.15) is 0 Å². The second-order valence-electron chi connectivity index (χ2n) is 8.20. The highest BCUT2D eigenvalue weighted by atomic mass is 35.5. The second-order valence-corrected chi connectivity index (χ2v) is 8.61. The highest BCUT2D eigenvalue weighted by Crippen LogP contribution is 2.27. The molecule has 196 valence electrons. The number of hydrogen-bond donors (Lipinski definition) is 1. The highest BCUT2D eigenvalue weighted by Gasteiger charge is 2.13. The summed E-state index contributed by atoms with van der Waals surface area (Å²) in [6.45, 7) is 11.8. The molecular weight excluding hydrogens is 462 g/mol. The molecule has 2 aromatic rings. The monoisotopic (exact) mass is 505 g/mol. The summed E-state index contributed by atoms with van der Waals surface area (Å²) in [5, 5.41) is 3.19. The van der Waals surface area contributed by atoms with Gasteiger partial charge in [-0.1, -0.05) is 89.6 Å². The Bertz CT molecular complexity index is 866. The van der Waals surface area contributed by atoms with Crippen LogP contribution in [0.4, 0.5) is 5.69 Å². The average molecular weight is 506 g/mol. The van der Waals surface area contributed by atoms with Crippen molar-refractivity contribution in [2.45, 2.75) is 92.6 Å². The van der Waals surface area contributed by atoms with E-state index < -0.39 is 0 Å². The van der Waals surface area contributed by atoms with Gasteiger partial charge in [0, 0.05) is 12.1 Å². The molecule has 0 heterocycles. The Morgan fingerprint density at radius 2 is 1.57 bits per heavy atom. The maximum absolute atomic E-state index is 11.2. The van der Waals surface area contributed by atoms with Crippen LogP contribution in [0, 0.1) is 6.92 Å². The molecule has 0 aliphatic rings. The van der Waals surface area contributed by atoms with E-state index in [-0.39, 0.29) is 17.8 Å². The van der Waals surface area contributed by atoms with Gasteiger partial charge in [-0.15, -0.1) is 0 Å². The summed E-state index contributed by atoms with van der Waals surface area (Å²) in [6, 6.07) is 12.9. The summed E-state index contributed by atoms with van der Waals surface area (Å²) in [6.07, 6.45) is 7.86. The van der Waals surface area contributed by atoms with Crippen molar-refractivity contribution in [3.63, 3.8) is 0 Å². The van der Waals surface area contributed by atoms with Crippen LogP contribution in [0.3, 0.4) is 0 Å². The van der Waals surface area contributed by atoms with Crippen molar-refractivity contribution >= 4 is 29.0 Å². The zero-order valence-electron chi connectivity index (χ0n) is 22.6. The summed E-state index contributed by atoms with van der Waals surface area (Å²) in [7, 11) is 1.55. The maximum atomic E-state index is 11.2. The van der Waals surface area contributed by atoms with Crippen LogP contribution in [-0.4, -0.2) is 24.9 Å². The molecule has 2 aromatic carbocycles. The molecule has 0 fully saturated rings. The van der Waals surface area contributed by atoms with Gasteiger partial charge >= 0.3 is 0 Å². The summed E-state index contributed by atoms with van der Waals surface area (Å²) in [5.74, 6) is 1.44. The summed E-state index contributed by atoms with van der Waals surface area (Å²) >= 11 is 5.88. The lowest BCUT2D eigenvalue weighted by Gasteiger charge is -2.15. The van der Waals surface area contributed by atoms with Crippen LogP contribution in [0.15, 0.2) is 42.5 Å². The number of nitrogens with one attached hydrogen (secondary N) is 1. The van der Waals surface area contributed by atoms with Crippen molar-refractivity contribution in [2.24, 2.45) is 0 Å². The molecule has 0 radical (unpaired) electrons. The van der Waals surface area contributed by atoms with Crippen molar-refractivity contribution in [1.82, 2.24) is 0 Å². The zero-order valence-corrected chi connectivity index (χ0v) is 23.3. The first kappa shape index (κ1) is 32.5. The van der Waals surface area contributed by atoms with Crippen LogP contribution in [0.1, 0.15) is 85.1 Å². The number of Topliss-reactive ketones (excluding diaryl/α,β-unsaturated/α-hetero) is 1. The second kappa shape index (κ2) is 19.7. The fraction of sp³-hybridized carbons (Fsp3) is 0.517. The number of benzene rings is 2. The molecule has 0 bridgehead atoms. The lowest BCUT2D eigenvalue weighted by molar-refractivity contribution is -0.123. The van der Waals surface area contributed by atoms with Crippen molar-refractivity contribution in [1.29, 1.82) is 0 Å². The van der Waals surface area contributed by atoms with Gasteiger partial charge in [0.05, 0.1) is 12.1 Å². The average Bonchev–Trinajstić information content (AvgIpc) is 2.84. The minimum absolute atomic E-state index is 0.0359. The van der Waals surface area contributed by atoms with Gasteiger partial charge in [-0.3, -0.25) is 9.59 Å². The third-order valence-electron chi connectivity index (χ3n) is 5.15. The van der Waals surface area contributed by atoms with Crippen molar-refractivity contribution in [3.8, 4) is 11.5 Å². The van der Waals surface area contributed by atoms with E-state index in [1.165, 1.54) is 32.1 Å². The highest BCUT2D eigenvalue weighted by molar-refractivity contribution is 6.32. The Balaban J connectivity index is 0.000000526. The largest absolute Gasteiger partial charge is 0.495 e. The number of unbranched alkanes of at least 4 members (excludes halogenated alkanes) is 4. The quantitative estimate of drug-likeness (QED) is 0.311. The van der Waals surface area contributed by atoms with E-state index in [0.29, 0.717) is 29.3 Å². The molecule has 0 saturated heterocycles. The Labute approximate surface area is 217 Å². The SMILES string of the molecule is CCC(=O)Nc1ccc(OC)c(Cl)c1.CCC(Oc1ccccc1C)C(C)=O.CCCCCCC. The number of methoxy groups -OCH3 is 1. The number of para-hydroxylation sites is 1. The van der Waals surface area contributed by atoms with Gasteiger partial charge in [-0.25, -0.2) is 0 Å². The standard InChI is InChI=1S/C12H16O2.C10H12ClNO2.C7H16/c1-4-11(10(3)13)14-12-8-6-5-7-9(12)2;1-3-10(13)12-7-4-5-9(14-2)8(11)6-7;1-3-5-7-6-4-2/h5-8,11H,4H2,1-3H3;4-6H,3H2,1-2H3,(H,12,13);3-7H2,1-2H3. The fourth-order valence-corrected chi connectivity index (χ4v) is 3.22. The number of halogens is 1. The Hall–Kier alpha value is -2.53. The van der Waals surface area contributed by atoms with Gasteiger partial charge in [0.25, 0.3) is 0 Å². The third-order valence-corrected chi connectivity index (χ3v) is 5.45. The number of ketones is 1. The van der Waals surface area contributed by atoms with E-state index in [4.69, 9.17) is 21.1 Å². The van der Waals surface area contributed by atoms with Crippen molar-refractivity contribution in [2.75, 3.05) is 12.4 Å². The van der Waals surface area contributed by atoms with Crippen LogP contribution in [-0.2, 0) is 9.59 Å². The number of rotatable bonds is 11. The van der Waals surface area contributed by atoms with Gasteiger partial charge in [-0.05, 0) is 50.1 Å². The lowest BCUT2D eigenvalue weighted by atomic mass is 10.2. The molecule has 1 N–H and O–H groups in total. The van der Waals surface area contributed by atoms with Gasteiger partial charge in [0.1, 0.15) is 11.5 Å². The molecule has 5 nitrogen and oxygen atoms in total. The molecule has 0 aliphatic carbocycles. The molecular formula is C29H44ClNO4. The minimum atomic E-state index is -0.309. The molecule has 1 atom stereocenters. The molecule has 0 aromatic heterocycles. The molecule has 0 aliphatic heterocycles.